The van der Waals surface area contributed by atoms with Gasteiger partial charge in [-0.05, 0) is 41.5 Å². The zero-order valence-electron chi connectivity index (χ0n) is 14.1. The topological polar surface area (TPSA) is 32.7 Å². The van der Waals surface area contributed by atoms with E-state index in [4.69, 9.17) is 11.6 Å². The number of aliphatic imine (C=N–C) groups is 1. The van der Waals surface area contributed by atoms with Gasteiger partial charge in [0, 0.05) is 6.54 Å². The van der Waals surface area contributed by atoms with Crippen LogP contribution >= 0.6 is 23.4 Å². The number of carbonyl (C=O) groups excluding carboxylic acids is 1. The van der Waals surface area contributed by atoms with E-state index in [0.29, 0.717) is 33.2 Å². The van der Waals surface area contributed by atoms with E-state index >= 15 is 0 Å². The highest BCUT2D eigenvalue weighted by atomic mass is 35.5. The third-order valence-electron chi connectivity index (χ3n) is 3.60. The lowest BCUT2D eigenvalue weighted by atomic mass is 10.2. The molecule has 0 unspecified atom stereocenters. The summed E-state index contributed by atoms with van der Waals surface area (Å²) in [6.45, 7) is 4.80. The molecule has 25 heavy (non-hydrogen) atoms. The summed E-state index contributed by atoms with van der Waals surface area (Å²) in [5.74, 6) is 0.338. The van der Waals surface area contributed by atoms with E-state index in [-0.39, 0.29) is 5.91 Å². The van der Waals surface area contributed by atoms with E-state index in [9.17, 15) is 4.79 Å². The number of carbonyl (C=O) groups is 1. The van der Waals surface area contributed by atoms with E-state index in [1.165, 1.54) is 11.8 Å². The fraction of sp³-hybridized carbons (Fsp3) is 0.200. The number of halogens is 1. The predicted octanol–water partition coefficient (Wildman–Crippen LogP) is 5.60. The van der Waals surface area contributed by atoms with Gasteiger partial charge < -0.3 is 0 Å². The van der Waals surface area contributed by atoms with Crippen LogP contribution in [0.5, 0.6) is 0 Å². The van der Waals surface area contributed by atoms with Gasteiger partial charge in [-0.25, -0.2) is 4.99 Å². The van der Waals surface area contributed by atoms with E-state index in [1.807, 2.05) is 54.6 Å². The summed E-state index contributed by atoms with van der Waals surface area (Å²) in [6, 6.07) is 17.3. The van der Waals surface area contributed by atoms with Gasteiger partial charge in [0.05, 0.1) is 15.6 Å². The minimum Gasteiger partial charge on any atom is -0.286 e. The highest BCUT2D eigenvalue weighted by Gasteiger charge is 2.33. The molecule has 0 atom stereocenters. The highest BCUT2D eigenvalue weighted by molar-refractivity contribution is 8.18. The number of amides is 1. The first-order valence-corrected chi connectivity index (χ1v) is 9.33. The molecule has 0 saturated carbocycles. The van der Waals surface area contributed by atoms with Crippen LogP contribution in [0.3, 0.4) is 0 Å². The van der Waals surface area contributed by atoms with E-state index in [0.717, 1.165) is 5.56 Å². The van der Waals surface area contributed by atoms with Crippen molar-refractivity contribution in [2.45, 2.75) is 13.8 Å². The molecule has 0 spiro atoms. The predicted molar refractivity (Wildman–Crippen MR) is 107 cm³/mol. The average Bonchev–Trinajstić information content (AvgIpc) is 2.86. The highest BCUT2D eigenvalue weighted by Crippen LogP contribution is 2.36. The van der Waals surface area contributed by atoms with Crippen molar-refractivity contribution >= 4 is 46.2 Å². The van der Waals surface area contributed by atoms with Crippen LogP contribution < -0.4 is 0 Å². The zero-order chi connectivity index (χ0) is 17.8. The second-order valence-corrected chi connectivity index (χ2v) is 7.59. The Morgan fingerprint density at radius 1 is 1.12 bits per heavy atom. The van der Waals surface area contributed by atoms with Crippen molar-refractivity contribution in [1.82, 2.24) is 4.90 Å². The van der Waals surface area contributed by atoms with Gasteiger partial charge in [-0.15, -0.1) is 0 Å². The number of nitrogens with zero attached hydrogens (tertiary/aromatic N) is 2. The van der Waals surface area contributed by atoms with Gasteiger partial charge in [0.2, 0.25) is 0 Å². The first kappa shape index (κ1) is 17.8. The van der Waals surface area contributed by atoms with Crippen LogP contribution in [0.25, 0.3) is 6.08 Å². The number of rotatable bonds is 4. The van der Waals surface area contributed by atoms with Gasteiger partial charge in [0.15, 0.2) is 5.17 Å². The number of amidine groups is 1. The van der Waals surface area contributed by atoms with Crippen molar-refractivity contribution in [3.8, 4) is 0 Å². The largest absolute Gasteiger partial charge is 0.286 e. The fourth-order valence-corrected chi connectivity index (χ4v) is 3.64. The Morgan fingerprint density at radius 3 is 2.48 bits per heavy atom. The third kappa shape index (κ3) is 4.33. The molecule has 0 radical (unpaired) electrons. The van der Waals surface area contributed by atoms with Crippen LogP contribution in [-0.2, 0) is 4.79 Å². The summed E-state index contributed by atoms with van der Waals surface area (Å²) in [5, 5.41) is 1.25. The maximum Gasteiger partial charge on any atom is 0.266 e. The van der Waals surface area contributed by atoms with Gasteiger partial charge in [-0.2, -0.15) is 0 Å². The van der Waals surface area contributed by atoms with E-state index < -0.39 is 0 Å². The lowest BCUT2D eigenvalue weighted by molar-refractivity contribution is -0.122. The monoisotopic (exact) mass is 370 g/mol. The molecule has 1 amide bonds. The number of benzene rings is 2. The SMILES string of the molecule is CC(C)CN1C(=O)/C(=C\c2ccccc2)SC1=Nc1ccccc1Cl. The molecule has 1 fully saturated rings. The quantitative estimate of drug-likeness (QED) is 0.656. The Hall–Kier alpha value is -2.04. The smallest absolute Gasteiger partial charge is 0.266 e. The fourth-order valence-electron chi connectivity index (χ4n) is 2.46. The molecule has 3 nitrogen and oxygen atoms in total. The van der Waals surface area contributed by atoms with Crippen molar-refractivity contribution < 1.29 is 4.79 Å². The van der Waals surface area contributed by atoms with Crippen LogP contribution in [0.4, 0.5) is 5.69 Å². The summed E-state index contributed by atoms with van der Waals surface area (Å²) in [4.78, 5) is 19.9. The molecule has 5 heteroatoms. The molecule has 0 bridgehead atoms. The number of hydrogen-bond acceptors (Lipinski definition) is 3. The molecule has 0 N–H and O–H groups in total. The summed E-state index contributed by atoms with van der Waals surface area (Å²) in [5.41, 5.74) is 1.68. The van der Waals surface area contributed by atoms with E-state index in [2.05, 4.69) is 18.8 Å². The number of hydrogen-bond donors (Lipinski definition) is 0. The van der Waals surface area contributed by atoms with Crippen LogP contribution in [0.15, 0.2) is 64.5 Å². The Morgan fingerprint density at radius 2 is 1.80 bits per heavy atom. The Kier molecular flexibility index (Phi) is 5.61. The molecule has 0 aromatic heterocycles. The maximum absolute atomic E-state index is 12.9. The molecule has 1 aliphatic rings. The molecule has 2 aromatic carbocycles. The van der Waals surface area contributed by atoms with Crippen LogP contribution in [-0.4, -0.2) is 22.5 Å². The van der Waals surface area contributed by atoms with Crippen LogP contribution in [0, 0.1) is 5.92 Å². The van der Waals surface area contributed by atoms with Crippen molar-refractivity contribution in [3.05, 3.63) is 70.1 Å². The Balaban J connectivity index is 1.97. The molecule has 1 aliphatic heterocycles. The molecular weight excluding hydrogens is 352 g/mol. The lowest BCUT2D eigenvalue weighted by Crippen LogP contribution is -2.32. The lowest BCUT2D eigenvalue weighted by Gasteiger charge is -2.17. The molecule has 128 valence electrons. The van der Waals surface area contributed by atoms with Crippen molar-refractivity contribution in [1.29, 1.82) is 0 Å². The molecule has 1 heterocycles. The first-order valence-electron chi connectivity index (χ1n) is 8.14. The average molecular weight is 371 g/mol. The third-order valence-corrected chi connectivity index (χ3v) is 4.93. The van der Waals surface area contributed by atoms with E-state index in [1.54, 1.807) is 11.0 Å². The maximum atomic E-state index is 12.9. The van der Waals surface area contributed by atoms with Crippen LogP contribution in [0.1, 0.15) is 19.4 Å². The summed E-state index contributed by atoms with van der Waals surface area (Å²) in [7, 11) is 0. The molecule has 3 rings (SSSR count). The molecule has 1 saturated heterocycles. The summed E-state index contributed by atoms with van der Waals surface area (Å²) < 4.78 is 0. The van der Waals surface area contributed by atoms with Gasteiger partial charge in [-0.1, -0.05) is 67.9 Å². The number of thioether (sulfide) groups is 1. The molecule has 0 aliphatic carbocycles. The second kappa shape index (κ2) is 7.89. The van der Waals surface area contributed by atoms with Crippen molar-refractivity contribution in [2.24, 2.45) is 10.9 Å². The minimum absolute atomic E-state index is 0.00615. The van der Waals surface area contributed by atoms with Gasteiger partial charge in [0.1, 0.15) is 0 Å². The van der Waals surface area contributed by atoms with Gasteiger partial charge in [-0.3, -0.25) is 9.69 Å². The number of para-hydroxylation sites is 1. The normalized spacial score (nSPS) is 17.9. The van der Waals surface area contributed by atoms with Gasteiger partial charge >= 0.3 is 0 Å². The Labute approximate surface area is 157 Å². The van der Waals surface area contributed by atoms with Crippen molar-refractivity contribution in [2.75, 3.05) is 6.54 Å². The summed E-state index contributed by atoms with van der Waals surface area (Å²) in [6.07, 6.45) is 1.91. The van der Waals surface area contributed by atoms with Gasteiger partial charge in [0.25, 0.3) is 5.91 Å². The minimum atomic E-state index is -0.00615. The second-order valence-electron chi connectivity index (χ2n) is 6.18. The summed E-state index contributed by atoms with van der Waals surface area (Å²) >= 11 is 7.62. The molecular formula is C20H19ClN2OS. The Bertz CT molecular complexity index is 831. The molecule has 2 aromatic rings. The van der Waals surface area contributed by atoms with Crippen molar-refractivity contribution in [3.63, 3.8) is 0 Å². The first-order chi connectivity index (χ1) is 12.0. The van der Waals surface area contributed by atoms with Crippen LogP contribution in [0.2, 0.25) is 5.02 Å². The zero-order valence-corrected chi connectivity index (χ0v) is 15.7. The standard InChI is InChI=1S/C20H19ClN2OS/c1-14(2)13-23-19(24)18(12-15-8-4-3-5-9-15)25-20(23)22-17-11-7-6-10-16(17)21/h3-12,14H,13H2,1-2H3/b18-12+,22-20?.